The largest absolute Gasteiger partial charge is 0.444 e. The molecule has 1 radical (unpaired) electrons. The van der Waals surface area contributed by atoms with E-state index in [1.165, 1.54) is 0 Å². The molecule has 93 valence electrons. The van der Waals surface area contributed by atoms with Crippen molar-refractivity contribution in [1.29, 1.82) is 0 Å². The SMILES string of the molecule is CO[C@@H]1[CH]NCC[C@@H]1NC(=O)OC(C)(C)C. The van der Waals surface area contributed by atoms with E-state index in [4.69, 9.17) is 9.47 Å². The van der Waals surface area contributed by atoms with Crippen LogP contribution in [-0.2, 0) is 9.47 Å². The van der Waals surface area contributed by atoms with Gasteiger partial charge in [0.1, 0.15) is 5.60 Å². The third kappa shape index (κ3) is 4.37. The number of methoxy groups -OCH3 is 1. The fraction of sp³-hybridized carbons (Fsp3) is 0.818. The van der Waals surface area contributed by atoms with E-state index in [2.05, 4.69) is 10.6 Å². The Labute approximate surface area is 96.9 Å². The second kappa shape index (κ2) is 5.50. The van der Waals surface area contributed by atoms with Gasteiger partial charge >= 0.3 is 6.09 Å². The molecule has 0 aromatic rings. The van der Waals surface area contributed by atoms with Gasteiger partial charge in [-0.1, -0.05) is 0 Å². The fourth-order valence-electron chi connectivity index (χ4n) is 1.56. The van der Waals surface area contributed by atoms with Gasteiger partial charge in [0.2, 0.25) is 0 Å². The fourth-order valence-corrected chi connectivity index (χ4v) is 1.56. The number of carbonyl (C=O) groups is 1. The molecular formula is C11H21N2O3. The molecule has 1 rings (SSSR count). The lowest BCUT2D eigenvalue weighted by Gasteiger charge is -2.32. The van der Waals surface area contributed by atoms with Crippen LogP contribution in [0.2, 0.25) is 0 Å². The van der Waals surface area contributed by atoms with E-state index in [1.54, 1.807) is 7.11 Å². The number of ether oxygens (including phenoxy) is 2. The van der Waals surface area contributed by atoms with E-state index in [9.17, 15) is 4.79 Å². The summed E-state index contributed by atoms with van der Waals surface area (Å²) in [7, 11) is 1.62. The molecule has 1 fully saturated rings. The lowest BCUT2D eigenvalue weighted by Crippen LogP contribution is -2.52. The maximum atomic E-state index is 11.6. The topological polar surface area (TPSA) is 59.6 Å². The van der Waals surface area contributed by atoms with Crippen LogP contribution in [0.3, 0.4) is 0 Å². The van der Waals surface area contributed by atoms with Gasteiger partial charge in [-0.25, -0.2) is 4.79 Å². The number of carbonyl (C=O) groups excluding carboxylic acids is 1. The van der Waals surface area contributed by atoms with E-state index in [-0.39, 0.29) is 12.1 Å². The van der Waals surface area contributed by atoms with Gasteiger partial charge in [0.15, 0.2) is 0 Å². The minimum atomic E-state index is -0.469. The molecule has 1 amide bonds. The lowest BCUT2D eigenvalue weighted by atomic mass is 10.0. The molecule has 1 heterocycles. The van der Waals surface area contributed by atoms with Crippen molar-refractivity contribution in [2.24, 2.45) is 0 Å². The first-order valence-electron chi connectivity index (χ1n) is 5.51. The molecule has 5 nitrogen and oxygen atoms in total. The summed E-state index contributed by atoms with van der Waals surface area (Å²) >= 11 is 0. The van der Waals surface area contributed by atoms with E-state index in [0.29, 0.717) is 0 Å². The zero-order chi connectivity index (χ0) is 12.2. The zero-order valence-corrected chi connectivity index (χ0v) is 10.4. The lowest BCUT2D eigenvalue weighted by molar-refractivity contribution is 0.0341. The molecule has 1 aliphatic rings. The summed E-state index contributed by atoms with van der Waals surface area (Å²) in [6, 6.07) is -0.0268. The number of piperidine rings is 1. The smallest absolute Gasteiger partial charge is 0.407 e. The first-order chi connectivity index (χ1) is 7.42. The molecule has 0 unspecified atom stereocenters. The summed E-state index contributed by atoms with van der Waals surface area (Å²) in [6.07, 6.45) is 0.324. The van der Waals surface area contributed by atoms with Gasteiger partial charge in [-0.3, -0.25) is 0 Å². The Morgan fingerprint density at radius 1 is 1.50 bits per heavy atom. The molecular weight excluding hydrogens is 208 g/mol. The number of hydrogen-bond acceptors (Lipinski definition) is 4. The highest BCUT2D eigenvalue weighted by atomic mass is 16.6. The first kappa shape index (κ1) is 13.3. The average Bonchev–Trinajstić information content (AvgIpc) is 2.15. The van der Waals surface area contributed by atoms with Crippen LogP contribution in [0.4, 0.5) is 4.79 Å². The van der Waals surface area contributed by atoms with Crippen LogP contribution in [0.1, 0.15) is 27.2 Å². The highest BCUT2D eigenvalue weighted by Crippen LogP contribution is 2.12. The Morgan fingerprint density at radius 2 is 2.19 bits per heavy atom. The molecule has 2 N–H and O–H groups in total. The standard InChI is InChI=1S/C11H21N2O3/c1-11(2,3)16-10(14)13-8-5-6-12-7-9(8)15-4/h7-9,12H,5-6H2,1-4H3,(H,13,14)/t8-,9+/m0/s1. The van der Waals surface area contributed by atoms with Crippen LogP contribution >= 0.6 is 0 Å². The van der Waals surface area contributed by atoms with Crippen molar-refractivity contribution in [2.45, 2.75) is 44.9 Å². The van der Waals surface area contributed by atoms with Crippen LogP contribution in [0.15, 0.2) is 0 Å². The van der Waals surface area contributed by atoms with Crippen molar-refractivity contribution in [1.82, 2.24) is 10.6 Å². The van der Waals surface area contributed by atoms with Crippen LogP contribution in [0, 0.1) is 6.54 Å². The number of nitrogens with one attached hydrogen (secondary N) is 2. The van der Waals surface area contributed by atoms with Crippen molar-refractivity contribution < 1.29 is 14.3 Å². The summed E-state index contributed by atoms with van der Waals surface area (Å²) in [5.74, 6) is 0. The summed E-state index contributed by atoms with van der Waals surface area (Å²) < 4.78 is 10.4. The number of alkyl carbamates (subject to hydrolysis) is 1. The van der Waals surface area contributed by atoms with Crippen LogP contribution < -0.4 is 10.6 Å². The minimum absolute atomic E-state index is 0.0268. The molecule has 5 heteroatoms. The van der Waals surface area contributed by atoms with Crippen molar-refractivity contribution in [2.75, 3.05) is 13.7 Å². The van der Waals surface area contributed by atoms with Crippen molar-refractivity contribution >= 4 is 6.09 Å². The molecule has 1 saturated heterocycles. The molecule has 0 aliphatic carbocycles. The van der Waals surface area contributed by atoms with Crippen molar-refractivity contribution in [3.8, 4) is 0 Å². The van der Waals surface area contributed by atoms with Crippen molar-refractivity contribution in [3.63, 3.8) is 0 Å². The van der Waals surface area contributed by atoms with E-state index < -0.39 is 11.7 Å². The van der Waals surface area contributed by atoms with Gasteiger partial charge in [-0.2, -0.15) is 0 Å². The van der Waals surface area contributed by atoms with Gasteiger partial charge in [0.05, 0.1) is 18.7 Å². The number of hydrogen-bond donors (Lipinski definition) is 2. The van der Waals surface area contributed by atoms with E-state index in [1.807, 2.05) is 27.3 Å². The maximum absolute atomic E-state index is 11.6. The predicted octanol–water partition coefficient (Wildman–Crippen LogP) is 1.05. The third-order valence-corrected chi connectivity index (χ3v) is 2.25. The molecule has 0 bridgehead atoms. The van der Waals surface area contributed by atoms with Gasteiger partial charge in [-0.15, -0.1) is 0 Å². The van der Waals surface area contributed by atoms with Gasteiger partial charge in [0.25, 0.3) is 0 Å². The molecule has 0 aromatic carbocycles. The molecule has 16 heavy (non-hydrogen) atoms. The van der Waals surface area contributed by atoms with Crippen LogP contribution in [0.5, 0.6) is 0 Å². The van der Waals surface area contributed by atoms with Gasteiger partial charge < -0.3 is 20.1 Å². The predicted molar refractivity (Wildman–Crippen MR) is 60.9 cm³/mol. The summed E-state index contributed by atoms with van der Waals surface area (Å²) in [5, 5.41) is 5.91. The summed E-state index contributed by atoms with van der Waals surface area (Å²) in [4.78, 5) is 11.6. The molecule has 0 spiro atoms. The maximum Gasteiger partial charge on any atom is 0.407 e. The summed E-state index contributed by atoms with van der Waals surface area (Å²) in [5.41, 5.74) is -0.469. The van der Waals surface area contributed by atoms with E-state index >= 15 is 0 Å². The highest BCUT2D eigenvalue weighted by Gasteiger charge is 2.28. The monoisotopic (exact) mass is 229 g/mol. The zero-order valence-electron chi connectivity index (χ0n) is 10.4. The van der Waals surface area contributed by atoms with Gasteiger partial charge in [0, 0.05) is 7.11 Å². The Morgan fingerprint density at radius 3 is 2.75 bits per heavy atom. The minimum Gasteiger partial charge on any atom is -0.444 e. The van der Waals surface area contributed by atoms with Crippen LogP contribution in [-0.4, -0.2) is 37.5 Å². The Bertz CT molecular complexity index is 238. The normalized spacial score (nSPS) is 26.2. The third-order valence-electron chi connectivity index (χ3n) is 2.25. The quantitative estimate of drug-likeness (QED) is 0.743. The Hall–Kier alpha value is -0.810. The van der Waals surface area contributed by atoms with Crippen LogP contribution in [0.25, 0.3) is 0 Å². The molecule has 0 aromatic heterocycles. The molecule has 1 aliphatic heterocycles. The Kier molecular flexibility index (Phi) is 4.56. The second-order valence-corrected chi connectivity index (χ2v) is 4.86. The average molecular weight is 229 g/mol. The van der Waals surface area contributed by atoms with E-state index in [0.717, 1.165) is 13.0 Å². The molecule has 0 saturated carbocycles. The first-order valence-corrected chi connectivity index (χ1v) is 5.51. The number of amides is 1. The van der Waals surface area contributed by atoms with Crippen molar-refractivity contribution in [3.05, 3.63) is 6.54 Å². The van der Waals surface area contributed by atoms with Gasteiger partial charge in [-0.05, 0) is 33.7 Å². The number of rotatable bonds is 2. The molecule has 2 atom stereocenters. The second-order valence-electron chi connectivity index (χ2n) is 4.86. The summed E-state index contributed by atoms with van der Waals surface area (Å²) in [6.45, 7) is 8.21. The Balaban J connectivity index is 2.42. The highest BCUT2D eigenvalue weighted by molar-refractivity contribution is 5.68.